The SMILES string of the molecule is CCCCn1c(CCC(=O)Nc2ccccc2)nc2cc(S(=O)(=O)N3CCCC3)ccc21. The minimum Gasteiger partial charge on any atom is -0.328 e. The molecule has 0 atom stereocenters. The van der Waals surface area contributed by atoms with Gasteiger partial charge in [0, 0.05) is 38.2 Å². The molecule has 1 saturated heterocycles. The molecule has 2 aromatic carbocycles. The molecule has 1 fully saturated rings. The number of amides is 1. The van der Waals surface area contributed by atoms with Crippen molar-refractivity contribution in [2.75, 3.05) is 18.4 Å². The molecular formula is C24H30N4O3S. The lowest BCUT2D eigenvalue weighted by molar-refractivity contribution is -0.116. The Morgan fingerprint density at radius 3 is 2.56 bits per heavy atom. The Morgan fingerprint density at radius 1 is 1.09 bits per heavy atom. The van der Waals surface area contributed by atoms with E-state index >= 15 is 0 Å². The predicted molar refractivity (Wildman–Crippen MR) is 126 cm³/mol. The molecule has 1 amide bonds. The van der Waals surface area contributed by atoms with Crippen molar-refractivity contribution in [3.8, 4) is 0 Å². The summed E-state index contributed by atoms with van der Waals surface area (Å²) in [6, 6.07) is 14.6. The number of anilines is 1. The fourth-order valence-electron chi connectivity index (χ4n) is 4.12. The molecule has 32 heavy (non-hydrogen) atoms. The van der Waals surface area contributed by atoms with E-state index in [0.717, 1.165) is 49.3 Å². The van der Waals surface area contributed by atoms with E-state index < -0.39 is 10.0 Å². The molecule has 8 heteroatoms. The molecule has 1 aliphatic heterocycles. The highest BCUT2D eigenvalue weighted by Crippen LogP contribution is 2.26. The van der Waals surface area contributed by atoms with E-state index in [9.17, 15) is 13.2 Å². The summed E-state index contributed by atoms with van der Waals surface area (Å²) in [6.07, 6.45) is 4.64. The molecule has 1 N–H and O–H groups in total. The number of aryl methyl sites for hydroxylation is 2. The van der Waals surface area contributed by atoms with Crippen LogP contribution in [0.5, 0.6) is 0 Å². The number of hydrogen-bond acceptors (Lipinski definition) is 4. The molecule has 1 aliphatic rings. The monoisotopic (exact) mass is 454 g/mol. The summed E-state index contributed by atoms with van der Waals surface area (Å²) in [7, 11) is -3.49. The fourth-order valence-corrected chi connectivity index (χ4v) is 5.66. The normalized spacial score (nSPS) is 14.8. The number of nitrogens with zero attached hydrogens (tertiary/aromatic N) is 3. The van der Waals surface area contributed by atoms with Crippen LogP contribution < -0.4 is 5.32 Å². The topological polar surface area (TPSA) is 84.3 Å². The van der Waals surface area contributed by atoms with Crippen LogP contribution in [-0.2, 0) is 27.8 Å². The average molecular weight is 455 g/mol. The zero-order valence-corrected chi connectivity index (χ0v) is 19.3. The number of carbonyl (C=O) groups is 1. The standard InChI is InChI=1S/C24H30N4O3S/c1-2-3-17-28-22-12-11-20(32(30,31)27-15-7-8-16-27)18-21(22)26-23(28)13-14-24(29)25-19-9-5-4-6-10-19/h4-6,9-12,18H,2-3,7-8,13-17H2,1H3,(H,25,29). The van der Waals surface area contributed by atoms with Crippen molar-refractivity contribution >= 4 is 32.7 Å². The van der Waals surface area contributed by atoms with Crippen LogP contribution in [0, 0.1) is 0 Å². The highest BCUT2D eigenvalue weighted by atomic mass is 32.2. The molecule has 0 unspecified atom stereocenters. The molecule has 2 heterocycles. The number of hydrogen-bond donors (Lipinski definition) is 1. The summed E-state index contributed by atoms with van der Waals surface area (Å²) >= 11 is 0. The van der Waals surface area contributed by atoms with Crippen molar-refractivity contribution in [1.82, 2.24) is 13.9 Å². The minimum absolute atomic E-state index is 0.0670. The second kappa shape index (κ2) is 9.83. The molecule has 0 spiro atoms. The van der Waals surface area contributed by atoms with Crippen LogP contribution in [0.4, 0.5) is 5.69 Å². The lowest BCUT2D eigenvalue weighted by Gasteiger charge is -2.15. The third kappa shape index (κ3) is 4.86. The van der Waals surface area contributed by atoms with Gasteiger partial charge in [-0.05, 0) is 49.6 Å². The Bertz CT molecular complexity index is 1180. The first kappa shape index (κ1) is 22.5. The van der Waals surface area contributed by atoms with Gasteiger partial charge in [-0.1, -0.05) is 31.5 Å². The lowest BCUT2D eigenvalue weighted by Crippen LogP contribution is -2.27. The van der Waals surface area contributed by atoms with Crippen molar-refractivity contribution in [2.45, 2.75) is 56.9 Å². The predicted octanol–water partition coefficient (Wildman–Crippen LogP) is 4.19. The van der Waals surface area contributed by atoms with Crippen molar-refractivity contribution < 1.29 is 13.2 Å². The van der Waals surface area contributed by atoms with Crippen molar-refractivity contribution in [3.05, 3.63) is 54.4 Å². The summed E-state index contributed by atoms with van der Waals surface area (Å²) in [4.78, 5) is 17.5. The largest absolute Gasteiger partial charge is 0.328 e. The molecule has 4 rings (SSSR count). The second-order valence-electron chi connectivity index (χ2n) is 8.21. The van der Waals surface area contributed by atoms with Gasteiger partial charge in [0.1, 0.15) is 5.82 Å². The van der Waals surface area contributed by atoms with Crippen molar-refractivity contribution in [3.63, 3.8) is 0 Å². The summed E-state index contributed by atoms with van der Waals surface area (Å²) in [5.74, 6) is 0.745. The summed E-state index contributed by atoms with van der Waals surface area (Å²) < 4.78 is 29.6. The van der Waals surface area contributed by atoms with Gasteiger partial charge < -0.3 is 9.88 Å². The highest BCUT2D eigenvalue weighted by molar-refractivity contribution is 7.89. The molecule has 3 aromatic rings. The number of fused-ring (bicyclic) bond motifs is 1. The quantitative estimate of drug-likeness (QED) is 0.525. The van der Waals surface area contributed by atoms with Gasteiger partial charge in [-0.3, -0.25) is 4.79 Å². The van der Waals surface area contributed by atoms with E-state index in [1.54, 1.807) is 16.4 Å². The number of benzene rings is 2. The molecular weight excluding hydrogens is 424 g/mol. The molecule has 170 valence electrons. The van der Waals surface area contributed by atoms with E-state index in [1.165, 1.54) is 0 Å². The van der Waals surface area contributed by atoms with E-state index in [1.807, 2.05) is 36.4 Å². The number of carbonyl (C=O) groups excluding carboxylic acids is 1. The van der Waals surface area contributed by atoms with E-state index in [-0.39, 0.29) is 5.91 Å². The number of rotatable bonds is 9. The Labute approximate surface area is 189 Å². The number of nitrogens with one attached hydrogen (secondary N) is 1. The van der Waals surface area contributed by atoms with Gasteiger partial charge in [0.2, 0.25) is 15.9 Å². The Hall–Kier alpha value is -2.71. The minimum atomic E-state index is -3.49. The number of aromatic nitrogens is 2. The van der Waals surface area contributed by atoms with Crippen LogP contribution in [0.2, 0.25) is 0 Å². The average Bonchev–Trinajstić information content (AvgIpc) is 3.45. The van der Waals surface area contributed by atoms with Crippen molar-refractivity contribution in [1.29, 1.82) is 0 Å². The first-order valence-corrected chi connectivity index (χ1v) is 12.8. The van der Waals surface area contributed by atoms with E-state index in [0.29, 0.717) is 36.3 Å². The van der Waals surface area contributed by atoms with Gasteiger partial charge in [-0.25, -0.2) is 13.4 Å². The van der Waals surface area contributed by atoms with Crippen LogP contribution >= 0.6 is 0 Å². The Morgan fingerprint density at radius 2 is 1.84 bits per heavy atom. The molecule has 0 bridgehead atoms. The smallest absolute Gasteiger partial charge is 0.243 e. The lowest BCUT2D eigenvalue weighted by atomic mass is 10.2. The van der Waals surface area contributed by atoms with Gasteiger partial charge >= 0.3 is 0 Å². The van der Waals surface area contributed by atoms with E-state index in [2.05, 4.69) is 16.8 Å². The number of unbranched alkanes of at least 4 members (excludes halogenated alkanes) is 1. The maximum absolute atomic E-state index is 13.0. The van der Waals surface area contributed by atoms with Crippen LogP contribution in [0.3, 0.4) is 0 Å². The van der Waals surface area contributed by atoms with Crippen LogP contribution in [0.1, 0.15) is 44.9 Å². The van der Waals surface area contributed by atoms with E-state index in [4.69, 9.17) is 4.98 Å². The zero-order valence-electron chi connectivity index (χ0n) is 18.5. The summed E-state index contributed by atoms with van der Waals surface area (Å²) in [5.41, 5.74) is 2.35. The Balaban J connectivity index is 1.57. The summed E-state index contributed by atoms with van der Waals surface area (Å²) in [6.45, 7) is 4.08. The number of sulfonamides is 1. The molecule has 7 nitrogen and oxygen atoms in total. The second-order valence-corrected chi connectivity index (χ2v) is 10.1. The van der Waals surface area contributed by atoms with Gasteiger partial charge in [0.05, 0.1) is 15.9 Å². The highest BCUT2D eigenvalue weighted by Gasteiger charge is 2.27. The van der Waals surface area contributed by atoms with Crippen LogP contribution in [0.15, 0.2) is 53.4 Å². The van der Waals surface area contributed by atoms with Crippen LogP contribution in [-0.4, -0.2) is 41.3 Å². The Kier molecular flexibility index (Phi) is 6.91. The molecule has 1 aromatic heterocycles. The number of para-hydroxylation sites is 1. The third-order valence-corrected chi connectivity index (χ3v) is 7.76. The van der Waals surface area contributed by atoms with Gasteiger partial charge in [-0.2, -0.15) is 4.31 Å². The van der Waals surface area contributed by atoms with Gasteiger partial charge in [0.15, 0.2) is 0 Å². The molecule has 0 aliphatic carbocycles. The first-order valence-electron chi connectivity index (χ1n) is 11.3. The zero-order chi connectivity index (χ0) is 22.6. The first-order chi connectivity index (χ1) is 15.5. The molecule has 0 radical (unpaired) electrons. The summed E-state index contributed by atoms with van der Waals surface area (Å²) in [5, 5.41) is 2.91. The number of imidazole rings is 1. The third-order valence-electron chi connectivity index (χ3n) is 5.87. The maximum atomic E-state index is 13.0. The molecule has 0 saturated carbocycles. The van der Waals surface area contributed by atoms with Crippen LogP contribution in [0.25, 0.3) is 11.0 Å². The van der Waals surface area contributed by atoms with Gasteiger partial charge in [0.25, 0.3) is 0 Å². The maximum Gasteiger partial charge on any atom is 0.243 e. The van der Waals surface area contributed by atoms with Gasteiger partial charge in [-0.15, -0.1) is 0 Å². The van der Waals surface area contributed by atoms with Crippen molar-refractivity contribution in [2.24, 2.45) is 0 Å². The fraction of sp³-hybridized carbons (Fsp3) is 0.417.